The van der Waals surface area contributed by atoms with E-state index in [4.69, 9.17) is 14.2 Å². The Labute approximate surface area is 104 Å². The fourth-order valence-corrected chi connectivity index (χ4v) is 2.49. The van der Waals surface area contributed by atoms with Crippen LogP contribution in [0.1, 0.15) is 24.0 Å². The number of methoxy groups -OCH3 is 1. The van der Waals surface area contributed by atoms with E-state index >= 15 is 0 Å². The zero-order chi connectivity index (χ0) is 12.8. The first-order chi connectivity index (χ1) is 8.69. The second-order valence-electron chi connectivity index (χ2n) is 4.65. The van der Waals surface area contributed by atoms with Crippen molar-refractivity contribution in [2.45, 2.75) is 24.9 Å². The number of rotatable bonds is 4. The molecule has 0 atom stereocenters. The van der Waals surface area contributed by atoms with Gasteiger partial charge in [0.15, 0.2) is 11.5 Å². The van der Waals surface area contributed by atoms with Gasteiger partial charge in [-0.3, -0.25) is 4.79 Å². The molecule has 1 N–H and O–H groups in total. The fourth-order valence-electron chi connectivity index (χ4n) is 2.49. The van der Waals surface area contributed by atoms with Gasteiger partial charge in [0, 0.05) is 12.7 Å². The molecular weight excluding hydrogens is 236 g/mol. The first kappa shape index (κ1) is 11.3. The molecule has 0 amide bonds. The van der Waals surface area contributed by atoms with Gasteiger partial charge >= 0.3 is 5.97 Å². The maximum absolute atomic E-state index is 11.4. The molecule has 2 aliphatic rings. The maximum Gasteiger partial charge on any atom is 0.314 e. The molecule has 0 bridgehead atoms. The molecule has 1 fully saturated rings. The van der Waals surface area contributed by atoms with Crippen LogP contribution in [0.15, 0.2) is 12.1 Å². The minimum absolute atomic E-state index is 0.176. The number of carboxylic acids is 1. The number of fused-ring (bicyclic) bond motifs is 1. The lowest BCUT2D eigenvalue weighted by molar-refractivity contribution is -0.140. The Balaban J connectivity index is 2.12. The number of aliphatic carboxylic acids is 1. The molecule has 1 aromatic rings. The summed E-state index contributed by atoms with van der Waals surface area (Å²) in [4.78, 5) is 11.4. The van der Waals surface area contributed by atoms with Gasteiger partial charge in [0.25, 0.3) is 0 Å². The lowest BCUT2D eigenvalue weighted by Gasteiger charge is -2.17. The van der Waals surface area contributed by atoms with Crippen molar-refractivity contribution < 1.29 is 24.1 Å². The summed E-state index contributed by atoms with van der Waals surface area (Å²) >= 11 is 0. The summed E-state index contributed by atoms with van der Waals surface area (Å²) in [5.74, 6) is 0.507. The summed E-state index contributed by atoms with van der Waals surface area (Å²) in [5.41, 5.74) is 0.836. The molecule has 5 heteroatoms. The molecule has 0 spiro atoms. The topological polar surface area (TPSA) is 65.0 Å². The Kier molecular flexibility index (Phi) is 2.45. The Morgan fingerprint density at radius 2 is 2.22 bits per heavy atom. The number of hydrogen-bond donors (Lipinski definition) is 1. The van der Waals surface area contributed by atoms with Crippen LogP contribution in [-0.4, -0.2) is 25.0 Å². The molecule has 0 unspecified atom stereocenters. The van der Waals surface area contributed by atoms with E-state index in [1.165, 1.54) is 0 Å². The standard InChI is InChI=1S/C13H14O5/c1-16-6-8-9(13(4-5-13)12(14)15)2-3-10-11(8)18-7-17-10/h2-3H,4-7H2,1H3,(H,14,15). The van der Waals surface area contributed by atoms with Gasteiger partial charge in [0.1, 0.15) is 0 Å². The minimum Gasteiger partial charge on any atom is -0.481 e. The van der Waals surface area contributed by atoms with Crippen molar-refractivity contribution in [3.63, 3.8) is 0 Å². The van der Waals surface area contributed by atoms with Crippen molar-refractivity contribution in [1.29, 1.82) is 0 Å². The van der Waals surface area contributed by atoms with Gasteiger partial charge in [0.2, 0.25) is 6.79 Å². The van der Waals surface area contributed by atoms with Gasteiger partial charge in [-0.15, -0.1) is 0 Å². The Morgan fingerprint density at radius 3 is 2.83 bits per heavy atom. The van der Waals surface area contributed by atoms with E-state index in [9.17, 15) is 9.90 Å². The van der Waals surface area contributed by atoms with Gasteiger partial charge in [-0.25, -0.2) is 0 Å². The number of ether oxygens (including phenoxy) is 3. The van der Waals surface area contributed by atoms with Crippen molar-refractivity contribution in [3.8, 4) is 11.5 Å². The molecule has 5 nitrogen and oxygen atoms in total. The molecule has 3 rings (SSSR count). The van der Waals surface area contributed by atoms with E-state index in [2.05, 4.69) is 0 Å². The highest BCUT2D eigenvalue weighted by atomic mass is 16.7. The van der Waals surface area contributed by atoms with E-state index in [0.717, 1.165) is 11.1 Å². The smallest absolute Gasteiger partial charge is 0.314 e. The maximum atomic E-state index is 11.4. The number of benzene rings is 1. The average Bonchev–Trinajstić information content (AvgIpc) is 3.01. The van der Waals surface area contributed by atoms with E-state index in [1.807, 2.05) is 6.07 Å². The third kappa shape index (κ3) is 1.47. The molecule has 1 aliphatic heterocycles. The summed E-state index contributed by atoms with van der Waals surface area (Å²) in [7, 11) is 1.58. The van der Waals surface area contributed by atoms with Crippen LogP contribution in [0.4, 0.5) is 0 Å². The molecule has 1 aromatic carbocycles. The number of carboxylic acid groups (broad SMARTS) is 1. The second kappa shape index (κ2) is 3.88. The summed E-state index contributed by atoms with van der Waals surface area (Å²) in [6, 6.07) is 3.60. The Morgan fingerprint density at radius 1 is 1.44 bits per heavy atom. The van der Waals surface area contributed by atoms with Crippen molar-refractivity contribution >= 4 is 5.97 Å². The highest BCUT2D eigenvalue weighted by Crippen LogP contribution is 2.53. The van der Waals surface area contributed by atoms with Gasteiger partial charge in [-0.05, 0) is 24.5 Å². The van der Waals surface area contributed by atoms with Crippen LogP contribution in [0.5, 0.6) is 11.5 Å². The van der Waals surface area contributed by atoms with E-state index < -0.39 is 11.4 Å². The Hall–Kier alpha value is -1.75. The predicted octanol–water partition coefficient (Wildman–Crippen LogP) is 1.68. The van der Waals surface area contributed by atoms with E-state index in [0.29, 0.717) is 30.9 Å². The summed E-state index contributed by atoms with van der Waals surface area (Å²) < 4.78 is 15.9. The molecule has 96 valence electrons. The van der Waals surface area contributed by atoms with Crippen LogP contribution in [-0.2, 0) is 21.6 Å². The molecule has 0 radical (unpaired) electrons. The third-order valence-corrected chi connectivity index (χ3v) is 3.61. The van der Waals surface area contributed by atoms with E-state index in [1.54, 1.807) is 13.2 Å². The summed E-state index contributed by atoms with van der Waals surface area (Å²) in [6.45, 7) is 0.506. The lowest BCUT2D eigenvalue weighted by atomic mass is 9.91. The predicted molar refractivity (Wildman–Crippen MR) is 61.8 cm³/mol. The van der Waals surface area contributed by atoms with Crippen molar-refractivity contribution in [2.75, 3.05) is 13.9 Å². The van der Waals surface area contributed by atoms with Gasteiger partial charge in [-0.2, -0.15) is 0 Å². The van der Waals surface area contributed by atoms with Crippen LogP contribution in [0.25, 0.3) is 0 Å². The monoisotopic (exact) mass is 250 g/mol. The zero-order valence-corrected chi connectivity index (χ0v) is 10.1. The Bertz CT molecular complexity index is 504. The number of carbonyl (C=O) groups is 1. The lowest BCUT2D eigenvalue weighted by Crippen LogP contribution is -2.21. The molecule has 0 aromatic heterocycles. The van der Waals surface area contributed by atoms with Crippen molar-refractivity contribution in [2.24, 2.45) is 0 Å². The van der Waals surface area contributed by atoms with E-state index in [-0.39, 0.29) is 6.79 Å². The second-order valence-corrected chi connectivity index (χ2v) is 4.65. The largest absolute Gasteiger partial charge is 0.481 e. The zero-order valence-electron chi connectivity index (χ0n) is 10.1. The van der Waals surface area contributed by atoms with Gasteiger partial charge in [-0.1, -0.05) is 6.07 Å². The van der Waals surface area contributed by atoms with Crippen LogP contribution < -0.4 is 9.47 Å². The molecule has 18 heavy (non-hydrogen) atoms. The normalized spacial score (nSPS) is 18.7. The third-order valence-electron chi connectivity index (χ3n) is 3.61. The molecule has 1 saturated carbocycles. The van der Waals surface area contributed by atoms with Crippen LogP contribution in [0, 0.1) is 0 Å². The number of hydrogen-bond acceptors (Lipinski definition) is 4. The minimum atomic E-state index is -0.779. The summed E-state index contributed by atoms with van der Waals surface area (Å²) in [6.07, 6.45) is 1.33. The first-order valence-electron chi connectivity index (χ1n) is 5.83. The molecular formula is C13H14O5. The van der Waals surface area contributed by atoms with Crippen LogP contribution in [0.3, 0.4) is 0 Å². The van der Waals surface area contributed by atoms with Crippen LogP contribution >= 0.6 is 0 Å². The van der Waals surface area contributed by atoms with Crippen LogP contribution in [0.2, 0.25) is 0 Å². The molecule has 1 heterocycles. The highest BCUT2D eigenvalue weighted by molar-refractivity contribution is 5.86. The van der Waals surface area contributed by atoms with Gasteiger partial charge in [0.05, 0.1) is 12.0 Å². The van der Waals surface area contributed by atoms with Crippen molar-refractivity contribution in [3.05, 3.63) is 23.3 Å². The highest BCUT2D eigenvalue weighted by Gasteiger charge is 2.53. The van der Waals surface area contributed by atoms with Gasteiger partial charge < -0.3 is 19.3 Å². The molecule has 0 saturated heterocycles. The fraction of sp³-hybridized carbons (Fsp3) is 0.462. The summed E-state index contributed by atoms with van der Waals surface area (Å²) in [5, 5.41) is 9.39. The van der Waals surface area contributed by atoms with Crippen molar-refractivity contribution in [1.82, 2.24) is 0 Å². The quantitative estimate of drug-likeness (QED) is 0.880. The SMILES string of the molecule is COCc1c(C2(C(=O)O)CC2)ccc2c1OCO2. The first-order valence-corrected chi connectivity index (χ1v) is 5.83. The molecule has 1 aliphatic carbocycles. The average molecular weight is 250 g/mol.